The second kappa shape index (κ2) is 7.17. The molecule has 5 heteroatoms. The van der Waals surface area contributed by atoms with Crippen molar-refractivity contribution in [3.8, 4) is 11.3 Å². The van der Waals surface area contributed by atoms with Gasteiger partial charge in [-0.15, -0.1) is 0 Å². The summed E-state index contributed by atoms with van der Waals surface area (Å²) >= 11 is 0. The molecule has 0 unspecified atom stereocenters. The van der Waals surface area contributed by atoms with E-state index in [4.69, 9.17) is 8.83 Å². The molecule has 0 aliphatic carbocycles. The van der Waals surface area contributed by atoms with E-state index in [1.807, 2.05) is 42.5 Å². The Hall–Kier alpha value is -3.86. The van der Waals surface area contributed by atoms with Crippen LogP contribution in [0.4, 0.5) is 5.69 Å². The van der Waals surface area contributed by atoms with Gasteiger partial charge in [-0.25, -0.2) is 4.79 Å². The van der Waals surface area contributed by atoms with Crippen LogP contribution in [0.25, 0.3) is 28.4 Å². The van der Waals surface area contributed by atoms with Crippen molar-refractivity contribution in [3.05, 3.63) is 95.1 Å². The number of anilines is 1. The summed E-state index contributed by atoms with van der Waals surface area (Å²) in [5.74, 6) is 1.04. The quantitative estimate of drug-likeness (QED) is 0.424. The summed E-state index contributed by atoms with van der Waals surface area (Å²) in [6.07, 6.45) is 3.02. The Kier molecular flexibility index (Phi) is 4.41. The van der Waals surface area contributed by atoms with E-state index in [1.165, 1.54) is 12.1 Å². The van der Waals surface area contributed by atoms with Gasteiger partial charge in [-0.1, -0.05) is 30.3 Å². The Labute approximate surface area is 154 Å². The first-order chi connectivity index (χ1) is 13.2. The van der Waals surface area contributed by atoms with Gasteiger partial charge in [0.05, 0.1) is 0 Å². The molecule has 1 amide bonds. The minimum Gasteiger partial charge on any atom is -0.457 e. The van der Waals surface area contributed by atoms with Crippen molar-refractivity contribution < 1.29 is 13.6 Å². The van der Waals surface area contributed by atoms with Crippen LogP contribution in [-0.4, -0.2) is 5.91 Å². The average Bonchev–Trinajstić information content (AvgIpc) is 3.16. The minimum absolute atomic E-state index is 0.288. The molecule has 0 fully saturated rings. The summed E-state index contributed by atoms with van der Waals surface area (Å²) in [4.78, 5) is 23.3. The number of benzene rings is 2. The molecule has 0 radical (unpaired) electrons. The highest BCUT2D eigenvalue weighted by atomic mass is 16.4. The van der Waals surface area contributed by atoms with Gasteiger partial charge in [0.2, 0.25) is 5.91 Å². The largest absolute Gasteiger partial charge is 0.457 e. The van der Waals surface area contributed by atoms with Crippen LogP contribution >= 0.6 is 0 Å². The van der Waals surface area contributed by atoms with Crippen LogP contribution in [0.3, 0.4) is 0 Å². The zero-order chi connectivity index (χ0) is 18.6. The fourth-order valence-corrected chi connectivity index (χ4v) is 2.69. The van der Waals surface area contributed by atoms with Gasteiger partial charge in [0.1, 0.15) is 17.1 Å². The van der Waals surface area contributed by atoms with E-state index in [1.54, 1.807) is 30.3 Å². The molecule has 0 bridgehead atoms. The second-order valence-electron chi connectivity index (χ2n) is 5.90. The third-order valence-electron chi connectivity index (χ3n) is 3.97. The van der Waals surface area contributed by atoms with Gasteiger partial charge in [-0.2, -0.15) is 0 Å². The lowest BCUT2D eigenvalue weighted by Crippen LogP contribution is -2.07. The molecular weight excluding hydrogens is 342 g/mol. The third-order valence-corrected chi connectivity index (χ3v) is 3.97. The molecule has 4 aromatic rings. The van der Waals surface area contributed by atoms with Crippen molar-refractivity contribution in [1.29, 1.82) is 0 Å². The van der Waals surface area contributed by atoms with Gasteiger partial charge >= 0.3 is 5.63 Å². The number of fused-ring (bicyclic) bond motifs is 1. The summed E-state index contributed by atoms with van der Waals surface area (Å²) in [5.41, 5.74) is 1.65. The Morgan fingerprint density at radius 3 is 2.59 bits per heavy atom. The number of hydrogen-bond acceptors (Lipinski definition) is 4. The lowest BCUT2D eigenvalue weighted by Gasteiger charge is -2.03. The average molecular weight is 357 g/mol. The molecule has 0 aliphatic heterocycles. The fraction of sp³-hybridized carbons (Fsp3) is 0. The Morgan fingerprint density at radius 2 is 1.74 bits per heavy atom. The standard InChI is InChI=1S/C22H15NO4/c24-21(23-17-7-10-20-16(14-17)6-13-22(25)27-20)12-9-18-8-11-19(26-18)15-4-2-1-3-5-15/h1-14H,(H,23,24)/b12-9+. The highest BCUT2D eigenvalue weighted by Crippen LogP contribution is 2.22. The molecule has 0 spiro atoms. The van der Waals surface area contributed by atoms with Gasteiger partial charge in [0.15, 0.2) is 0 Å². The predicted molar refractivity (Wildman–Crippen MR) is 104 cm³/mol. The SMILES string of the molecule is O=C(/C=C/c1ccc(-c2ccccc2)o1)Nc1ccc2oc(=O)ccc2c1. The molecule has 0 saturated heterocycles. The van der Waals surface area contributed by atoms with Crippen molar-refractivity contribution in [1.82, 2.24) is 0 Å². The summed E-state index contributed by atoms with van der Waals surface area (Å²) in [5, 5.41) is 3.50. The summed E-state index contributed by atoms with van der Waals surface area (Å²) in [6, 6.07) is 21.5. The van der Waals surface area contributed by atoms with Crippen molar-refractivity contribution in [3.63, 3.8) is 0 Å². The maximum Gasteiger partial charge on any atom is 0.336 e. The summed E-state index contributed by atoms with van der Waals surface area (Å²) < 4.78 is 10.8. The first-order valence-electron chi connectivity index (χ1n) is 8.36. The van der Waals surface area contributed by atoms with Crippen LogP contribution in [-0.2, 0) is 4.79 Å². The van der Waals surface area contributed by atoms with Crippen LogP contribution in [0.2, 0.25) is 0 Å². The molecule has 27 heavy (non-hydrogen) atoms. The molecule has 0 aliphatic rings. The van der Waals surface area contributed by atoms with E-state index in [-0.39, 0.29) is 5.91 Å². The van der Waals surface area contributed by atoms with E-state index in [9.17, 15) is 9.59 Å². The fourth-order valence-electron chi connectivity index (χ4n) is 2.69. The molecule has 2 aromatic carbocycles. The lowest BCUT2D eigenvalue weighted by atomic mass is 10.2. The van der Waals surface area contributed by atoms with Gasteiger partial charge in [-0.05, 0) is 42.5 Å². The van der Waals surface area contributed by atoms with E-state index < -0.39 is 5.63 Å². The van der Waals surface area contributed by atoms with Crippen LogP contribution < -0.4 is 10.9 Å². The number of rotatable bonds is 4. The second-order valence-corrected chi connectivity index (χ2v) is 5.90. The van der Waals surface area contributed by atoms with Crippen LogP contribution in [0.5, 0.6) is 0 Å². The monoisotopic (exact) mass is 357 g/mol. The molecule has 0 atom stereocenters. The van der Waals surface area contributed by atoms with Crippen LogP contribution in [0, 0.1) is 0 Å². The number of nitrogens with one attached hydrogen (secondary N) is 1. The van der Waals surface area contributed by atoms with E-state index >= 15 is 0 Å². The topological polar surface area (TPSA) is 72.5 Å². The van der Waals surface area contributed by atoms with Crippen molar-refractivity contribution in [2.75, 3.05) is 5.32 Å². The Balaban J connectivity index is 1.45. The number of hydrogen-bond donors (Lipinski definition) is 1. The van der Waals surface area contributed by atoms with Crippen LogP contribution in [0.1, 0.15) is 5.76 Å². The molecule has 1 N–H and O–H groups in total. The lowest BCUT2D eigenvalue weighted by molar-refractivity contribution is -0.111. The molecule has 2 heterocycles. The maximum atomic E-state index is 12.1. The smallest absolute Gasteiger partial charge is 0.336 e. The highest BCUT2D eigenvalue weighted by molar-refractivity contribution is 6.02. The normalized spacial score (nSPS) is 11.1. The van der Waals surface area contributed by atoms with Gasteiger partial charge < -0.3 is 14.2 Å². The summed E-state index contributed by atoms with van der Waals surface area (Å²) in [7, 11) is 0. The van der Waals surface area contributed by atoms with Crippen molar-refractivity contribution >= 4 is 28.6 Å². The van der Waals surface area contributed by atoms with Crippen LogP contribution in [0.15, 0.2) is 92.5 Å². The van der Waals surface area contributed by atoms with Crippen molar-refractivity contribution in [2.24, 2.45) is 0 Å². The Bertz CT molecular complexity index is 1190. The van der Waals surface area contributed by atoms with Gasteiger partial charge in [-0.3, -0.25) is 4.79 Å². The zero-order valence-electron chi connectivity index (χ0n) is 14.2. The molecule has 132 valence electrons. The zero-order valence-corrected chi connectivity index (χ0v) is 14.2. The van der Waals surface area contributed by atoms with Crippen molar-refractivity contribution in [2.45, 2.75) is 0 Å². The third kappa shape index (κ3) is 3.88. The van der Waals surface area contributed by atoms with E-state index in [0.717, 1.165) is 16.7 Å². The molecular formula is C22H15NO4. The highest BCUT2D eigenvalue weighted by Gasteiger charge is 2.04. The number of carbonyl (C=O) groups is 1. The molecule has 0 saturated carbocycles. The first-order valence-corrected chi connectivity index (χ1v) is 8.36. The Morgan fingerprint density at radius 1 is 0.889 bits per heavy atom. The molecule has 5 nitrogen and oxygen atoms in total. The number of amides is 1. The predicted octanol–water partition coefficient (Wildman–Crippen LogP) is 4.70. The van der Waals surface area contributed by atoms with E-state index in [0.29, 0.717) is 17.0 Å². The van der Waals surface area contributed by atoms with Gasteiger partial charge in [0, 0.05) is 28.8 Å². The number of furan rings is 1. The number of carbonyl (C=O) groups excluding carboxylic acids is 1. The van der Waals surface area contributed by atoms with E-state index in [2.05, 4.69) is 5.32 Å². The summed E-state index contributed by atoms with van der Waals surface area (Å²) in [6.45, 7) is 0. The molecule has 2 aromatic heterocycles. The van der Waals surface area contributed by atoms with Gasteiger partial charge in [0.25, 0.3) is 0 Å². The maximum absolute atomic E-state index is 12.1. The first kappa shape index (κ1) is 16.6. The molecule has 4 rings (SSSR count). The minimum atomic E-state index is -0.407.